The van der Waals surface area contributed by atoms with Crippen LogP contribution in [0.5, 0.6) is 0 Å². The van der Waals surface area contributed by atoms with Crippen molar-refractivity contribution in [2.45, 2.75) is 12.5 Å². The van der Waals surface area contributed by atoms with Gasteiger partial charge in [0.2, 0.25) is 0 Å². The molecule has 0 amide bonds. The molecule has 76 valence electrons. The van der Waals surface area contributed by atoms with Crippen LogP contribution in [0.2, 0.25) is 0 Å². The number of rotatable bonds is 4. The van der Waals surface area contributed by atoms with Crippen LogP contribution in [0.15, 0.2) is 18.3 Å². The van der Waals surface area contributed by atoms with Crippen molar-refractivity contribution < 1.29 is 9.90 Å². The van der Waals surface area contributed by atoms with Gasteiger partial charge in [0.05, 0.1) is 0 Å². The molecule has 5 heteroatoms. The lowest BCUT2D eigenvalue weighted by Crippen LogP contribution is -2.35. The van der Waals surface area contributed by atoms with Gasteiger partial charge in [-0.1, -0.05) is 6.07 Å². The number of carbonyl (C=O) groups is 1. The number of hydrogen-bond donors (Lipinski definition) is 3. The third-order valence-corrected chi connectivity index (χ3v) is 1.93. The van der Waals surface area contributed by atoms with Gasteiger partial charge >= 0.3 is 5.97 Å². The second-order valence-electron chi connectivity index (χ2n) is 2.97. The highest BCUT2D eigenvalue weighted by molar-refractivity contribution is 5.73. The molecule has 1 heterocycles. The second-order valence-corrected chi connectivity index (χ2v) is 2.97. The van der Waals surface area contributed by atoms with E-state index in [0.29, 0.717) is 12.2 Å². The first-order valence-corrected chi connectivity index (χ1v) is 4.24. The highest BCUT2D eigenvalue weighted by atomic mass is 16.4. The Labute approximate surface area is 82.0 Å². The maximum atomic E-state index is 10.7. The highest BCUT2D eigenvalue weighted by Crippen LogP contribution is 2.04. The summed E-state index contributed by atoms with van der Waals surface area (Å²) in [7, 11) is 1.61. The summed E-state index contributed by atoms with van der Waals surface area (Å²) in [5.74, 6) is -0.436. The molecule has 0 aliphatic carbocycles. The molecule has 0 aromatic carbocycles. The van der Waals surface area contributed by atoms with E-state index >= 15 is 0 Å². The van der Waals surface area contributed by atoms with Gasteiger partial charge in [0.1, 0.15) is 11.9 Å². The smallest absolute Gasteiger partial charge is 0.321 e. The zero-order valence-electron chi connectivity index (χ0n) is 7.90. The van der Waals surface area contributed by atoms with Gasteiger partial charge in [-0.05, 0) is 25.1 Å². The Kier molecular flexibility index (Phi) is 3.41. The summed E-state index contributed by atoms with van der Waals surface area (Å²) in [5.41, 5.74) is 6.25. The van der Waals surface area contributed by atoms with E-state index in [2.05, 4.69) is 10.3 Å². The number of nitrogens with two attached hydrogens (primary N) is 1. The summed E-state index contributed by atoms with van der Waals surface area (Å²) in [5, 5.41) is 11.5. The second kappa shape index (κ2) is 4.57. The molecule has 4 N–H and O–H groups in total. The number of likely N-dealkylation sites (N-methyl/N-ethyl adjacent to an activating group) is 1. The summed E-state index contributed by atoms with van der Waals surface area (Å²) in [4.78, 5) is 14.6. The van der Waals surface area contributed by atoms with Crippen molar-refractivity contribution in [2.24, 2.45) is 0 Å². The Morgan fingerprint density at radius 2 is 2.43 bits per heavy atom. The lowest BCUT2D eigenvalue weighted by atomic mass is 10.1. The van der Waals surface area contributed by atoms with E-state index in [4.69, 9.17) is 10.8 Å². The van der Waals surface area contributed by atoms with Crippen LogP contribution in [0, 0.1) is 0 Å². The van der Waals surface area contributed by atoms with Crippen LogP contribution in [0.1, 0.15) is 5.56 Å². The molecular weight excluding hydrogens is 182 g/mol. The SMILES string of the molecule is CN[C@H](Cc1ccc(N)nc1)C(=O)O. The summed E-state index contributed by atoms with van der Waals surface area (Å²) in [6.45, 7) is 0. The van der Waals surface area contributed by atoms with Gasteiger partial charge in [-0.2, -0.15) is 0 Å². The molecule has 0 radical (unpaired) electrons. The number of carboxylic acid groups (broad SMARTS) is 1. The van der Waals surface area contributed by atoms with Crippen LogP contribution >= 0.6 is 0 Å². The number of anilines is 1. The predicted molar refractivity (Wildman–Crippen MR) is 52.8 cm³/mol. The third-order valence-electron chi connectivity index (χ3n) is 1.93. The van der Waals surface area contributed by atoms with Gasteiger partial charge in [0.25, 0.3) is 0 Å². The highest BCUT2D eigenvalue weighted by Gasteiger charge is 2.14. The first-order valence-electron chi connectivity index (χ1n) is 4.24. The Morgan fingerprint density at radius 3 is 2.86 bits per heavy atom. The Hall–Kier alpha value is -1.62. The minimum absolute atomic E-state index is 0.402. The van der Waals surface area contributed by atoms with Gasteiger partial charge < -0.3 is 16.2 Å². The standard InChI is InChI=1S/C9H13N3O2/c1-11-7(9(13)14)4-6-2-3-8(10)12-5-6/h2-3,5,7,11H,4H2,1H3,(H2,10,12)(H,13,14)/t7-/m1/s1. The first kappa shape index (κ1) is 10.5. The zero-order chi connectivity index (χ0) is 10.6. The lowest BCUT2D eigenvalue weighted by molar-refractivity contribution is -0.139. The van der Waals surface area contributed by atoms with Crippen LogP contribution in [0.3, 0.4) is 0 Å². The Bertz CT molecular complexity index is 310. The van der Waals surface area contributed by atoms with E-state index in [9.17, 15) is 4.79 Å². The molecule has 1 aromatic rings. The fourth-order valence-electron chi connectivity index (χ4n) is 1.11. The molecule has 0 aliphatic heterocycles. The molecule has 0 fully saturated rings. The molecule has 14 heavy (non-hydrogen) atoms. The summed E-state index contributed by atoms with van der Waals surface area (Å²) in [6, 6.07) is 2.85. The van der Waals surface area contributed by atoms with Gasteiger partial charge in [0, 0.05) is 6.20 Å². The van der Waals surface area contributed by atoms with Crippen LogP contribution in [-0.2, 0) is 11.2 Å². The molecule has 0 spiro atoms. The van der Waals surface area contributed by atoms with Crippen LogP contribution < -0.4 is 11.1 Å². The Morgan fingerprint density at radius 1 is 1.71 bits per heavy atom. The molecule has 0 aliphatic rings. The molecule has 0 saturated carbocycles. The number of aromatic nitrogens is 1. The van der Waals surface area contributed by atoms with E-state index in [1.54, 1.807) is 25.4 Å². The van der Waals surface area contributed by atoms with Crippen molar-refractivity contribution in [1.29, 1.82) is 0 Å². The average Bonchev–Trinajstić information content (AvgIpc) is 2.16. The molecule has 0 bridgehead atoms. The van der Waals surface area contributed by atoms with E-state index in [1.165, 1.54) is 0 Å². The fourth-order valence-corrected chi connectivity index (χ4v) is 1.11. The van der Waals surface area contributed by atoms with Gasteiger partial charge in [-0.3, -0.25) is 4.79 Å². The minimum Gasteiger partial charge on any atom is -0.480 e. The molecule has 0 unspecified atom stereocenters. The largest absolute Gasteiger partial charge is 0.480 e. The average molecular weight is 195 g/mol. The Balaban J connectivity index is 2.67. The monoisotopic (exact) mass is 195 g/mol. The number of nitrogen functional groups attached to an aromatic ring is 1. The fraction of sp³-hybridized carbons (Fsp3) is 0.333. The number of nitrogens with zero attached hydrogens (tertiary/aromatic N) is 1. The number of nitrogens with one attached hydrogen (secondary N) is 1. The topological polar surface area (TPSA) is 88.2 Å². The van der Waals surface area contributed by atoms with Crippen molar-refractivity contribution in [3.05, 3.63) is 23.9 Å². The van der Waals surface area contributed by atoms with Crippen molar-refractivity contribution in [2.75, 3.05) is 12.8 Å². The molecular formula is C9H13N3O2. The van der Waals surface area contributed by atoms with Crippen molar-refractivity contribution in [1.82, 2.24) is 10.3 Å². The molecule has 1 aromatic heterocycles. The molecule has 0 saturated heterocycles. The minimum atomic E-state index is -0.871. The maximum absolute atomic E-state index is 10.7. The molecule has 1 rings (SSSR count). The van der Waals surface area contributed by atoms with E-state index in [-0.39, 0.29) is 0 Å². The normalized spacial score (nSPS) is 12.4. The first-order chi connectivity index (χ1) is 6.63. The van der Waals surface area contributed by atoms with Crippen molar-refractivity contribution >= 4 is 11.8 Å². The third kappa shape index (κ3) is 2.70. The van der Waals surface area contributed by atoms with Crippen molar-refractivity contribution in [3.8, 4) is 0 Å². The van der Waals surface area contributed by atoms with E-state index < -0.39 is 12.0 Å². The summed E-state index contributed by atoms with van der Waals surface area (Å²) in [6.07, 6.45) is 1.99. The van der Waals surface area contributed by atoms with Gasteiger partial charge in [-0.25, -0.2) is 4.98 Å². The van der Waals surface area contributed by atoms with Crippen molar-refractivity contribution in [3.63, 3.8) is 0 Å². The quantitative estimate of drug-likeness (QED) is 0.623. The van der Waals surface area contributed by atoms with E-state index in [1.807, 2.05) is 0 Å². The summed E-state index contributed by atoms with van der Waals surface area (Å²) < 4.78 is 0. The van der Waals surface area contributed by atoms with Crippen LogP contribution in [0.25, 0.3) is 0 Å². The number of carboxylic acids is 1. The molecule has 5 nitrogen and oxygen atoms in total. The maximum Gasteiger partial charge on any atom is 0.321 e. The summed E-state index contributed by atoms with van der Waals surface area (Å²) >= 11 is 0. The van der Waals surface area contributed by atoms with Gasteiger partial charge in [0.15, 0.2) is 0 Å². The van der Waals surface area contributed by atoms with Crippen LogP contribution in [-0.4, -0.2) is 29.1 Å². The predicted octanol–water partition coefficient (Wildman–Crippen LogP) is -0.121. The van der Waals surface area contributed by atoms with Crippen LogP contribution in [0.4, 0.5) is 5.82 Å². The zero-order valence-corrected chi connectivity index (χ0v) is 7.90. The molecule has 1 atom stereocenters. The lowest BCUT2D eigenvalue weighted by Gasteiger charge is -2.10. The van der Waals surface area contributed by atoms with Gasteiger partial charge in [-0.15, -0.1) is 0 Å². The number of pyridine rings is 1. The number of aliphatic carboxylic acids is 1. The number of hydrogen-bond acceptors (Lipinski definition) is 4. The van der Waals surface area contributed by atoms with E-state index in [0.717, 1.165) is 5.56 Å².